The second-order valence-corrected chi connectivity index (χ2v) is 7.37. The molecule has 1 heterocycles. The van der Waals surface area contributed by atoms with E-state index in [4.69, 9.17) is 0 Å². The van der Waals surface area contributed by atoms with Gasteiger partial charge in [-0.05, 0) is 56.5 Å². The van der Waals surface area contributed by atoms with Crippen molar-refractivity contribution < 1.29 is 8.42 Å². The number of hydrogen-bond donors (Lipinski definition) is 1. The van der Waals surface area contributed by atoms with Gasteiger partial charge in [-0.15, -0.1) is 0 Å². The summed E-state index contributed by atoms with van der Waals surface area (Å²) in [5.41, 5.74) is 3.13. The molecule has 2 rings (SSSR count). The molecule has 1 aromatic heterocycles. The lowest BCUT2D eigenvalue weighted by atomic mass is 10.1. The van der Waals surface area contributed by atoms with E-state index < -0.39 is 10.0 Å². The number of nitrogens with one attached hydrogen (secondary N) is 1. The number of benzene rings is 1. The van der Waals surface area contributed by atoms with Crippen LogP contribution in [0.4, 0.5) is 0 Å². The van der Waals surface area contributed by atoms with E-state index in [1.165, 1.54) is 10.7 Å². The Morgan fingerprint density at radius 2 is 1.70 bits per heavy atom. The average molecular weight is 335 g/mol. The topological polar surface area (TPSA) is 81.1 Å². The van der Waals surface area contributed by atoms with Crippen LogP contribution in [-0.4, -0.2) is 24.7 Å². The summed E-state index contributed by atoms with van der Waals surface area (Å²) in [5.74, 6) is 0. The Balaban J connectivity index is 2.15. The molecule has 23 heavy (non-hydrogen) atoms. The van der Waals surface area contributed by atoms with Gasteiger partial charge < -0.3 is 0 Å². The zero-order chi connectivity index (χ0) is 17.2. The van der Waals surface area contributed by atoms with Gasteiger partial charge in [0.2, 0.25) is 10.0 Å². The van der Waals surface area contributed by atoms with E-state index in [2.05, 4.69) is 9.82 Å². The van der Waals surface area contributed by atoms with Gasteiger partial charge in [0.25, 0.3) is 5.56 Å². The summed E-state index contributed by atoms with van der Waals surface area (Å²) in [7, 11) is -3.62. The first-order valence-electron chi connectivity index (χ1n) is 7.33. The number of rotatable bonds is 5. The molecule has 0 amide bonds. The van der Waals surface area contributed by atoms with E-state index in [9.17, 15) is 13.2 Å². The predicted molar refractivity (Wildman–Crippen MR) is 89.1 cm³/mol. The first kappa shape index (κ1) is 17.4. The maximum absolute atomic E-state index is 12.4. The normalized spacial score (nSPS) is 11.7. The third-order valence-electron chi connectivity index (χ3n) is 3.70. The molecule has 124 valence electrons. The van der Waals surface area contributed by atoms with Crippen LogP contribution in [0, 0.1) is 27.7 Å². The molecule has 0 saturated carbocycles. The molecule has 1 N–H and O–H groups in total. The van der Waals surface area contributed by atoms with Crippen LogP contribution in [0.1, 0.15) is 22.4 Å². The smallest absolute Gasteiger partial charge is 0.266 e. The maximum atomic E-state index is 12.4. The van der Waals surface area contributed by atoms with E-state index in [-0.39, 0.29) is 23.5 Å². The second kappa shape index (κ2) is 6.64. The van der Waals surface area contributed by atoms with E-state index in [0.29, 0.717) is 11.3 Å². The van der Waals surface area contributed by atoms with E-state index >= 15 is 0 Å². The number of aromatic nitrogens is 2. The molecule has 0 aliphatic carbocycles. The second-order valence-electron chi connectivity index (χ2n) is 5.64. The Morgan fingerprint density at radius 1 is 1.04 bits per heavy atom. The zero-order valence-corrected chi connectivity index (χ0v) is 14.6. The summed E-state index contributed by atoms with van der Waals surface area (Å²) in [5, 5.41) is 4.08. The fraction of sp³-hybridized carbons (Fsp3) is 0.375. The summed E-state index contributed by atoms with van der Waals surface area (Å²) >= 11 is 0. The third-order valence-corrected chi connectivity index (χ3v) is 5.30. The van der Waals surface area contributed by atoms with Crippen LogP contribution >= 0.6 is 0 Å². The highest BCUT2D eigenvalue weighted by Crippen LogP contribution is 2.19. The first-order valence-corrected chi connectivity index (χ1v) is 8.81. The van der Waals surface area contributed by atoms with Crippen molar-refractivity contribution in [3.8, 4) is 0 Å². The molecule has 0 aliphatic rings. The van der Waals surface area contributed by atoms with Crippen LogP contribution in [0.25, 0.3) is 0 Å². The highest BCUT2D eigenvalue weighted by molar-refractivity contribution is 7.89. The van der Waals surface area contributed by atoms with Gasteiger partial charge in [0, 0.05) is 12.6 Å². The summed E-state index contributed by atoms with van der Waals surface area (Å²) in [6.45, 7) is 7.66. The van der Waals surface area contributed by atoms with Crippen LogP contribution < -0.4 is 10.3 Å². The van der Waals surface area contributed by atoms with Gasteiger partial charge in [0.1, 0.15) is 0 Å². The van der Waals surface area contributed by atoms with Crippen molar-refractivity contribution >= 4 is 10.0 Å². The van der Waals surface area contributed by atoms with Gasteiger partial charge in [-0.3, -0.25) is 4.79 Å². The van der Waals surface area contributed by atoms with E-state index in [1.807, 2.05) is 19.9 Å². The van der Waals surface area contributed by atoms with Crippen molar-refractivity contribution in [2.75, 3.05) is 6.54 Å². The first-order chi connectivity index (χ1) is 10.7. The van der Waals surface area contributed by atoms with Crippen LogP contribution in [0.5, 0.6) is 0 Å². The van der Waals surface area contributed by atoms with Crippen molar-refractivity contribution in [3.63, 3.8) is 0 Å². The molecule has 0 aliphatic heterocycles. The van der Waals surface area contributed by atoms with Crippen LogP contribution in [0.2, 0.25) is 0 Å². The van der Waals surface area contributed by atoms with Gasteiger partial charge >= 0.3 is 0 Å². The van der Waals surface area contributed by atoms with Crippen LogP contribution in [0.3, 0.4) is 0 Å². The molecule has 0 atom stereocenters. The zero-order valence-electron chi connectivity index (χ0n) is 13.8. The lowest BCUT2D eigenvalue weighted by Gasteiger charge is -2.12. The summed E-state index contributed by atoms with van der Waals surface area (Å²) in [6.07, 6.45) is 0. The van der Waals surface area contributed by atoms with E-state index in [1.54, 1.807) is 26.0 Å². The molecule has 2 aromatic rings. The van der Waals surface area contributed by atoms with E-state index in [0.717, 1.165) is 11.1 Å². The standard InChI is InChI=1S/C16H21N3O3S/c1-11-9-13(3)15(10-12(11)2)23(21,22)17-7-8-19-16(20)6-5-14(4)18-19/h5-6,9-10,17H,7-8H2,1-4H3. The van der Waals surface area contributed by atoms with Crippen molar-refractivity contribution in [3.05, 3.63) is 57.0 Å². The highest BCUT2D eigenvalue weighted by Gasteiger charge is 2.17. The molecule has 1 aromatic carbocycles. The molecule has 0 fully saturated rings. The number of nitrogens with zero attached hydrogens (tertiary/aromatic N) is 2. The SMILES string of the molecule is Cc1ccc(=O)n(CCNS(=O)(=O)c2cc(C)c(C)cc2C)n1. The average Bonchev–Trinajstić information content (AvgIpc) is 2.46. The minimum atomic E-state index is -3.62. The molecule has 0 spiro atoms. The maximum Gasteiger partial charge on any atom is 0.266 e. The van der Waals surface area contributed by atoms with Gasteiger partial charge in [0.15, 0.2) is 0 Å². The summed E-state index contributed by atoms with van der Waals surface area (Å²) in [6, 6.07) is 6.58. The van der Waals surface area contributed by atoms with Crippen molar-refractivity contribution in [1.82, 2.24) is 14.5 Å². The minimum Gasteiger partial charge on any atom is -0.268 e. The van der Waals surface area contributed by atoms with Gasteiger partial charge in [-0.1, -0.05) is 6.07 Å². The van der Waals surface area contributed by atoms with Crippen molar-refractivity contribution in [2.24, 2.45) is 0 Å². The van der Waals surface area contributed by atoms with Crippen LogP contribution in [-0.2, 0) is 16.6 Å². The van der Waals surface area contributed by atoms with Gasteiger partial charge in [0.05, 0.1) is 17.1 Å². The summed E-state index contributed by atoms with van der Waals surface area (Å²) in [4.78, 5) is 11.9. The third kappa shape index (κ3) is 4.05. The Morgan fingerprint density at radius 3 is 2.39 bits per heavy atom. The van der Waals surface area contributed by atoms with Gasteiger partial charge in [-0.25, -0.2) is 17.8 Å². The van der Waals surface area contributed by atoms with Crippen LogP contribution in [0.15, 0.2) is 34.0 Å². The molecule has 7 heteroatoms. The lowest BCUT2D eigenvalue weighted by molar-refractivity contribution is 0.543. The predicted octanol–water partition coefficient (Wildman–Crippen LogP) is 1.46. The monoisotopic (exact) mass is 335 g/mol. The van der Waals surface area contributed by atoms with Crippen molar-refractivity contribution in [1.29, 1.82) is 0 Å². The number of aryl methyl sites for hydroxylation is 4. The molecule has 0 unspecified atom stereocenters. The molecule has 0 bridgehead atoms. The van der Waals surface area contributed by atoms with Gasteiger partial charge in [-0.2, -0.15) is 5.10 Å². The highest BCUT2D eigenvalue weighted by atomic mass is 32.2. The Labute approximate surface area is 136 Å². The number of sulfonamides is 1. The Bertz CT molecular complexity index is 886. The lowest BCUT2D eigenvalue weighted by Crippen LogP contribution is -2.32. The molecular formula is C16H21N3O3S. The minimum absolute atomic E-state index is 0.102. The van der Waals surface area contributed by atoms with Crippen molar-refractivity contribution in [2.45, 2.75) is 39.1 Å². The molecule has 0 saturated heterocycles. The fourth-order valence-corrected chi connectivity index (χ4v) is 3.63. The Kier molecular flexibility index (Phi) is 5.01. The largest absolute Gasteiger partial charge is 0.268 e. The fourth-order valence-electron chi connectivity index (χ4n) is 2.30. The summed E-state index contributed by atoms with van der Waals surface area (Å²) < 4.78 is 28.7. The molecular weight excluding hydrogens is 314 g/mol. The quantitative estimate of drug-likeness (QED) is 0.897. The molecule has 0 radical (unpaired) electrons. The molecule has 6 nitrogen and oxygen atoms in total. The number of hydrogen-bond acceptors (Lipinski definition) is 4. The Hall–Kier alpha value is -1.99.